The normalized spacial score (nSPS) is 27.1. The molecule has 104 valence electrons. The Morgan fingerprint density at radius 3 is 3.05 bits per heavy atom. The zero-order valence-corrected chi connectivity index (χ0v) is 12.2. The second-order valence-electron chi connectivity index (χ2n) is 4.16. The lowest BCUT2D eigenvalue weighted by Crippen LogP contribution is -2.33. The number of aromatic amines is 1. The molecule has 1 saturated heterocycles. The lowest BCUT2D eigenvalue weighted by Gasteiger charge is -2.13. The molecule has 0 bridgehead atoms. The summed E-state index contributed by atoms with van der Waals surface area (Å²) in [5, 5.41) is 0. The fourth-order valence-electron chi connectivity index (χ4n) is 1.89. The van der Waals surface area contributed by atoms with Crippen molar-refractivity contribution in [1.29, 1.82) is 0 Å². The maximum absolute atomic E-state index is 11.8. The van der Waals surface area contributed by atoms with Gasteiger partial charge in [0.15, 0.2) is 0 Å². The van der Waals surface area contributed by atoms with Crippen LogP contribution in [-0.4, -0.2) is 27.7 Å². The summed E-state index contributed by atoms with van der Waals surface area (Å²) in [5.41, 5.74) is -1.05. The Balaban J connectivity index is 2.27. The fourth-order valence-corrected chi connectivity index (χ4v) is 2.32. The molecule has 1 unspecified atom stereocenters. The van der Waals surface area contributed by atoms with Crippen LogP contribution in [0.5, 0.6) is 0 Å². The number of hydrogen-bond acceptors (Lipinski definition) is 5. The van der Waals surface area contributed by atoms with Gasteiger partial charge in [0.05, 0.1) is 9.67 Å². The fraction of sp³-hybridized carbons (Fsp3) is 0.545. The Hall–Kier alpha value is -1.16. The van der Waals surface area contributed by atoms with Crippen molar-refractivity contribution in [2.45, 2.75) is 38.7 Å². The summed E-state index contributed by atoms with van der Waals surface area (Å²) >= 11 is 1.81. The first-order chi connectivity index (χ1) is 9.42. The summed E-state index contributed by atoms with van der Waals surface area (Å²) in [6.07, 6.45) is -0.145. The molecular weight excluding hydrogens is 367 g/mol. The molecular formula is C11H13IN2O5. The van der Waals surface area contributed by atoms with Crippen molar-refractivity contribution < 1.29 is 15.6 Å². The molecule has 0 amide bonds. The van der Waals surface area contributed by atoms with Crippen LogP contribution >= 0.6 is 22.6 Å². The number of halogens is 1. The number of nitrogens with zero attached hydrogens (tertiary/aromatic N) is 1. The smallest absolute Gasteiger partial charge is 0.330 e. The van der Waals surface area contributed by atoms with Gasteiger partial charge in [-0.05, 0) is 29.5 Å². The highest BCUT2D eigenvalue weighted by Gasteiger charge is 2.36. The van der Waals surface area contributed by atoms with Crippen LogP contribution in [0.2, 0.25) is 0 Å². The summed E-state index contributed by atoms with van der Waals surface area (Å²) in [6.45, 7) is 1.20. The van der Waals surface area contributed by atoms with Crippen molar-refractivity contribution in [2.24, 2.45) is 0 Å². The first-order valence-corrected chi connectivity index (χ1v) is 6.63. The zero-order valence-electron chi connectivity index (χ0n) is 11.1. The number of rotatable bonds is 2. The van der Waals surface area contributed by atoms with Crippen molar-refractivity contribution in [2.75, 3.05) is 0 Å². The molecule has 2 rings (SSSR count). The van der Waals surface area contributed by atoms with E-state index in [4.69, 9.17) is 10.8 Å². The molecule has 7 nitrogen and oxygen atoms in total. The van der Waals surface area contributed by atoms with Gasteiger partial charge in [0.2, 0.25) is 0 Å². The number of ether oxygens (including phenoxy) is 2. The van der Waals surface area contributed by atoms with Gasteiger partial charge in [-0.1, -0.05) is 0 Å². The summed E-state index contributed by atoms with van der Waals surface area (Å²) in [6, 6.07) is 0. The Morgan fingerprint density at radius 2 is 2.42 bits per heavy atom. The Morgan fingerprint density at radius 1 is 1.68 bits per heavy atom. The van der Waals surface area contributed by atoms with Crippen molar-refractivity contribution in [3.8, 4) is 0 Å². The molecule has 1 aliphatic heterocycles. The van der Waals surface area contributed by atoms with Crippen LogP contribution in [0, 0.1) is 3.57 Å². The van der Waals surface area contributed by atoms with Crippen LogP contribution in [0.1, 0.15) is 27.8 Å². The van der Waals surface area contributed by atoms with Crippen LogP contribution in [-0.2, 0) is 14.3 Å². The highest BCUT2D eigenvalue weighted by molar-refractivity contribution is 14.1. The second kappa shape index (κ2) is 5.45. The quantitative estimate of drug-likeness (QED) is 0.591. The average Bonchev–Trinajstić information content (AvgIpc) is 2.75. The summed E-state index contributed by atoms with van der Waals surface area (Å²) in [7, 11) is 0. The van der Waals surface area contributed by atoms with Crippen molar-refractivity contribution in [3.63, 3.8) is 0 Å². The molecule has 0 aliphatic carbocycles. The number of nitrogens with one attached hydrogen (secondary N) is 1. The summed E-state index contributed by atoms with van der Waals surface area (Å²) in [5.74, 6) is -0.457. The topological polar surface area (TPSA) is 90.4 Å². The Labute approximate surface area is 123 Å². The molecule has 0 spiro atoms. The van der Waals surface area contributed by atoms with Crippen LogP contribution < -0.4 is 11.2 Å². The molecule has 8 heteroatoms. The minimum absolute atomic E-state index is 0.0797. The lowest BCUT2D eigenvalue weighted by atomic mass is 10.2. The summed E-state index contributed by atoms with van der Waals surface area (Å²) in [4.78, 5) is 36.3. The Kier molecular flexibility index (Phi) is 3.69. The monoisotopic (exact) mass is 381 g/mol. The highest BCUT2D eigenvalue weighted by atomic mass is 127. The third-order valence-electron chi connectivity index (χ3n) is 2.73. The number of carbonyl (C=O) groups excluding carboxylic acids is 1. The number of hydrogen-bond donors (Lipinski definition) is 1. The second-order valence-corrected chi connectivity index (χ2v) is 5.32. The first-order valence-electron chi connectivity index (χ1n) is 6.26. The van der Waals surface area contributed by atoms with Crippen LogP contribution in [0.25, 0.3) is 0 Å². The molecule has 1 aromatic heterocycles. The van der Waals surface area contributed by atoms with E-state index in [1.54, 1.807) is 0 Å². The molecule has 0 saturated carbocycles. The van der Waals surface area contributed by atoms with Gasteiger partial charge in [-0.3, -0.25) is 19.1 Å². The van der Waals surface area contributed by atoms with Crippen molar-refractivity contribution in [3.05, 3.63) is 30.6 Å². The molecule has 1 N–H and O–H groups in total. The minimum atomic E-state index is -0.660. The van der Waals surface area contributed by atoms with E-state index in [1.165, 1.54) is 17.7 Å². The number of H-pyrrole nitrogens is 1. The molecule has 19 heavy (non-hydrogen) atoms. The highest BCUT2D eigenvalue weighted by Crippen LogP contribution is 2.29. The molecule has 0 aromatic carbocycles. The van der Waals surface area contributed by atoms with Crippen LogP contribution in [0.15, 0.2) is 15.8 Å². The van der Waals surface area contributed by atoms with E-state index in [9.17, 15) is 14.4 Å². The number of aromatic nitrogens is 2. The van der Waals surface area contributed by atoms with Gasteiger partial charge in [0, 0.05) is 20.9 Å². The van der Waals surface area contributed by atoms with Crippen LogP contribution in [0.3, 0.4) is 0 Å². The molecule has 1 aromatic rings. The zero-order chi connectivity index (χ0) is 14.9. The lowest BCUT2D eigenvalue weighted by molar-refractivity contribution is -0.148. The Bertz CT molecular complexity index is 628. The van der Waals surface area contributed by atoms with E-state index >= 15 is 0 Å². The largest absolute Gasteiger partial charge is 0.460 e. The standard InChI is InChI=1S/C11H13IN2O5/c1-5-8(19-6(2)15)3-9(18-5)14-4-7(12)10(16)13-11(14)17/h4-5,8-9H,3H2,1-2H3,(H,13,16,17)/t5-,8?,9-/m1/s1/i1D. The van der Waals surface area contributed by atoms with E-state index in [1.807, 2.05) is 22.6 Å². The SMILES string of the molecule is [2H]C[C@H]1O[C@@H](n2cc(I)c(=O)[nH]c2=O)CC1OC(C)=O. The van der Waals surface area contributed by atoms with E-state index in [0.29, 0.717) is 3.57 Å². The van der Waals surface area contributed by atoms with Gasteiger partial charge >= 0.3 is 11.7 Å². The van der Waals surface area contributed by atoms with Crippen molar-refractivity contribution >= 4 is 28.6 Å². The third-order valence-corrected chi connectivity index (χ3v) is 3.50. The molecule has 2 heterocycles. The van der Waals surface area contributed by atoms with E-state index in [0.717, 1.165) is 0 Å². The summed E-state index contributed by atoms with van der Waals surface area (Å²) < 4.78 is 19.6. The number of carbonyl (C=O) groups is 1. The van der Waals surface area contributed by atoms with Gasteiger partial charge in [0.1, 0.15) is 12.3 Å². The number of esters is 1. The predicted molar refractivity (Wildman–Crippen MR) is 73.8 cm³/mol. The molecule has 0 radical (unpaired) electrons. The third kappa shape index (κ3) is 3.06. The molecule has 3 atom stereocenters. The van der Waals surface area contributed by atoms with E-state index in [2.05, 4.69) is 4.98 Å². The van der Waals surface area contributed by atoms with Gasteiger partial charge in [-0.15, -0.1) is 0 Å². The van der Waals surface area contributed by atoms with Gasteiger partial charge in [0.25, 0.3) is 5.56 Å². The maximum Gasteiger partial charge on any atom is 0.330 e. The van der Waals surface area contributed by atoms with Crippen LogP contribution in [0.4, 0.5) is 0 Å². The van der Waals surface area contributed by atoms with Gasteiger partial charge in [-0.25, -0.2) is 4.79 Å². The predicted octanol–water partition coefficient (Wildman–Crippen LogP) is 0.380. The maximum atomic E-state index is 11.8. The molecule has 1 fully saturated rings. The average molecular weight is 381 g/mol. The first kappa shape index (κ1) is 12.9. The van der Waals surface area contributed by atoms with Crippen molar-refractivity contribution in [1.82, 2.24) is 9.55 Å². The van der Waals surface area contributed by atoms with E-state index in [-0.39, 0.29) is 13.3 Å². The van der Waals surface area contributed by atoms with Gasteiger partial charge < -0.3 is 9.47 Å². The molecule has 1 aliphatic rings. The van der Waals surface area contributed by atoms with E-state index < -0.39 is 35.7 Å². The van der Waals surface area contributed by atoms with Gasteiger partial charge in [-0.2, -0.15) is 0 Å². The minimum Gasteiger partial charge on any atom is -0.460 e.